The van der Waals surface area contributed by atoms with E-state index in [0.29, 0.717) is 36.5 Å². The third-order valence-corrected chi connectivity index (χ3v) is 8.73. The number of rotatable bonds is 8. The molecule has 1 aliphatic carbocycles. The normalized spacial score (nSPS) is 15.9. The molecule has 0 spiro atoms. The Morgan fingerprint density at radius 2 is 1.62 bits per heavy atom. The number of benzene rings is 2. The highest BCUT2D eigenvalue weighted by Gasteiger charge is 2.53. The van der Waals surface area contributed by atoms with Gasteiger partial charge in [0.1, 0.15) is 11.5 Å². The molecular weight excluding hydrogens is 456 g/mol. The van der Waals surface area contributed by atoms with Crippen LogP contribution in [0, 0.1) is 13.8 Å². The van der Waals surface area contributed by atoms with E-state index in [-0.39, 0.29) is 17.7 Å². The molecule has 2 N–H and O–H groups in total. The first-order valence-corrected chi connectivity index (χ1v) is 12.9. The molecule has 1 aliphatic rings. The first kappa shape index (κ1) is 25.6. The predicted molar refractivity (Wildman–Crippen MR) is 128 cm³/mol. The summed E-state index contributed by atoms with van der Waals surface area (Å²) in [7, 11) is -3.98. The van der Waals surface area contributed by atoms with Gasteiger partial charge in [0, 0.05) is 0 Å². The Morgan fingerprint density at radius 3 is 2.24 bits per heavy atom. The SMILES string of the molecule is CCOc1ccc(OC(C)C(=O)NNC(=O)C2(S(=O)(=O)c3cc(C)ccc3C)CCCC2)cc1. The number of ether oxygens (including phenoxy) is 2. The molecule has 184 valence electrons. The number of hydrogen-bond acceptors (Lipinski definition) is 6. The van der Waals surface area contributed by atoms with Crippen LogP contribution < -0.4 is 20.3 Å². The van der Waals surface area contributed by atoms with Gasteiger partial charge in [0.05, 0.1) is 11.5 Å². The summed E-state index contributed by atoms with van der Waals surface area (Å²) in [6.07, 6.45) is 0.699. The highest BCUT2D eigenvalue weighted by Crippen LogP contribution is 2.41. The van der Waals surface area contributed by atoms with E-state index < -0.39 is 32.5 Å². The van der Waals surface area contributed by atoms with Crippen molar-refractivity contribution in [3.63, 3.8) is 0 Å². The smallest absolute Gasteiger partial charge is 0.279 e. The van der Waals surface area contributed by atoms with Gasteiger partial charge >= 0.3 is 0 Å². The fourth-order valence-corrected chi connectivity index (χ4v) is 6.52. The maximum atomic E-state index is 13.7. The van der Waals surface area contributed by atoms with Crippen molar-refractivity contribution < 1.29 is 27.5 Å². The monoisotopic (exact) mass is 488 g/mol. The molecule has 0 heterocycles. The molecule has 0 aliphatic heterocycles. The molecule has 9 heteroatoms. The fraction of sp³-hybridized carbons (Fsp3) is 0.440. The highest BCUT2D eigenvalue weighted by molar-refractivity contribution is 7.93. The van der Waals surface area contributed by atoms with Crippen LogP contribution >= 0.6 is 0 Å². The summed E-state index contributed by atoms with van der Waals surface area (Å²) in [4.78, 5) is 25.9. The van der Waals surface area contributed by atoms with Gasteiger partial charge in [-0.25, -0.2) is 8.42 Å². The lowest BCUT2D eigenvalue weighted by Crippen LogP contribution is -2.57. The second kappa shape index (κ2) is 10.5. The highest BCUT2D eigenvalue weighted by atomic mass is 32.2. The predicted octanol–water partition coefficient (Wildman–Crippen LogP) is 3.40. The van der Waals surface area contributed by atoms with Crippen LogP contribution in [0.2, 0.25) is 0 Å². The van der Waals surface area contributed by atoms with Crippen LogP contribution in [0.5, 0.6) is 11.5 Å². The number of aryl methyl sites for hydroxylation is 2. The maximum absolute atomic E-state index is 13.7. The van der Waals surface area contributed by atoms with Gasteiger partial charge in [-0.05, 0) is 82.0 Å². The Bertz CT molecular complexity index is 1140. The van der Waals surface area contributed by atoms with Crippen molar-refractivity contribution in [1.82, 2.24) is 10.9 Å². The lowest BCUT2D eigenvalue weighted by Gasteiger charge is -2.28. The van der Waals surface area contributed by atoms with Crippen LogP contribution in [0.3, 0.4) is 0 Å². The number of amides is 2. The molecule has 2 aromatic carbocycles. The summed E-state index contributed by atoms with van der Waals surface area (Å²) in [5.74, 6) is -0.180. The van der Waals surface area contributed by atoms with Gasteiger partial charge in [0.25, 0.3) is 11.8 Å². The third-order valence-electron chi connectivity index (χ3n) is 6.09. The van der Waals surface area contributed by atoms with E-state index in [9.17, 15) is 18.0 Å². The van der Waals surface area contributed by atoms with Crippen molar-refractivity contribution in [2.45, 2.75) is 69.1 Å². The Kier molecular flexibility index (Phi) is 7.86. The number of carbonyl (C=O) groups excluding carboxylic acids is 2. The Hall–Kier alpha value is -3.07. The van der Waals surface area contributed by atoms with Crippen molar-refractivity contribution in [1.29, 1.82) is 0 Å². The van der Waals surface area contributed by atoms with Gasteiger partial charge in [-0.15, -0.1) is 0 Å². The van der Waals surface area contributed by atoms with Crippen LogP contribution in [0.15, 0.2) is 47.4 Å². The van der Waals surface area contributed by atoms with Gasteiger partial charge in [-0.1, -0.05) is 25.0 Å². The number of carbonyl (C=O) groups is 2. The Labute approximate surface area is 200 Å². The first-order chi connectivity index (χ1) is 16.1. The number of nitrogens with one attached hydrogen (secondary N) is 2. The topological polar surface area (TPSA) is 111 Å². The molecule has 1 fully saturated rings. The second-order valence-corrected chi connectivity index (χ2v) is 10.8. The summed E-state index contributed by atoms with van der Waals surface area (Å²) in [5.41, 5.74) is 6.07. The molecule has 1 saturated carbocycles. The van der Waals surface area contributed by atoms with Crippen LogP contribution in [-0.4, -0.2) is 37.7 Å². The minimum absolute atomic E-state index is 0.156. The maximum Gasteiger partial charge on any atom is 0.279 e. The molecule has 0 radical (unpaired) electrons. The molecule has 34 heavy (non-hydrogen) atoms. The van der Waals surface area contributed by atoms with Gasteiger partial charge in [-0.3, -0.25) is 20.4 Å². The van der Waals surface area contributed by atoms with Gasteiger partial charge in [0.2, 0.25) is 0 Å². The van der Waals surface area contributed by atoms with E-state index in [2.05, 4.69) is 10.9 Å². The Morgan fingerprint density at radius 1 is 1.00 bits per heavy atom. The average Bonchev–Trinajstić information content (AvgIpc) is 3.32. The van der Waals surface area contributed by atoms with Crippen LogP contribution in [0.25, 0.3) is 0 Å². The first-order valence-electron chi connectivity index (χ1n) is 11.4. The zero-order valence-corrected chi connectivity index (χ0v) is 20.8. The molecule has 2 aromatic rings. The molecule has 1 atom stereocenters. The van der Waals surface area contributed by atoms with E-state index >= 15 is 0 Å². The van der Waals surface area contributed by atoms with E-state index in [1.54, 1.807) is 43.3 Å². The van der Waals surface area contributed by atoms with Crippen molar-refractivity contribution in [3.8, 4) is 11.5 Å². The van der Waals surface area contributed by atoms with Gasteiger partial charge in [-0.2, -0.15) is 0 Å². The lowest BCUT2D eigenvalue weighted by atomic mass is 10.1. The zero-order chi connectivity index (χ0) is 24.9. The standard InChI is InChI=1S/C25H32N2O6S/c1-5-32-20-10-12-21(13-11-20)33-19(4)23(28)26-27-24(29)25(14-6-7-15-25)34(30,31)22-16-17(2)8-9-18(22)3/h8-13,16,19H,5-7,14-15H2,1-4H3,(H,26,28)(H,27,29). The lowest BCUT2D eigenvalue weighted by molar-refractivity contribution is -0.133. The van der Waals surface area contributed by atoms with Gasteiger partial charge < -0.3 is 9.47 Å². The number of hydrazine groups is 1. The fourth-order valence-electron chi connectivity index (χ4n) is 4.14. The van der Waals surface area contributed by atoms with E-state index in [1.165, 1.54) is 6.92 Å². The van der Waals surface area contributed by atoms with Crippen LogP contribution in [-0.2, 0) is 19.4 Å². The molecule has 1 unspecified atom stereocenters. The quantitative estimate of drug-likeness (QED) is 0.551. The van der Waals surface area contributed by atoms with Crippen molar-refractivity contribution in [2.75, 3.05) is 6.61 Å². The number of sulfone groups is 1. The van der Waals surface area contributed by atoms with E-state index in [4.69, 9.17) is 9.47 Å². The summed E-state index contributed by atoms with van der Waals surface area (Å²) >= 11 is 0. The second-order valence-electron chi connectivity index (χ2n) is 8.58. The molecule has 0 bridgehead atoms. The molecular formula is C25H32N2O6S. The Balaban J connectivity index is 1.70. The third kappa shape index (κ3) is 5.19. The van der Waals surface area contributed by atoms with Gasteiger partial charge in [0.15, 0.2) is 20.7 Å². The summed E-state index contributed by atoms with van der Waals surface area (Å²) in [6, 6.07) is 12.0. The summed E-state index contributed by atoms with van der Waals surface area (Å²) in [6.45, 7) is 7.49. The largest absolute Gasteiger partial charge is 0.494 e. The minimum atomic E-state index is -3.98. The van der Waals surface area contributed by atoms with Crippen LogP contribution in [0.1, 0.15) is 50.7 Å². The summed E-state index contributed by atoms with van der Waals surface area (Å²) in [5, 5.41) is 0. The summed E-state index contributed by atoms with van der Waals surface area (Å²) < 4.78 is 36.7. The number of hydrogen-bond donors (Lipinski definition) is 2. The van der Waals surface area contributed by atoms with E-state index in [1.807, 2.05) is 19.9 Å². The molecule has 3 rings (SSSR count). The molecule has 2 amide bonds. The molecule has 0 saturated heterocycles. The molecule has 0 aromatic heterocycles. The van der Waals surface area contributed by atoms with E-state index in [0.717, 1.165) is 5.56 Å². The minimum Gasteiger partial charge on any atom is -0.494 e. The van der Waals surface area contributed by atoms with Crippen molar-refractivity contribution in [2.24, 2.45) is 0 Å². The molecule has 8 nitrogen and oxygen atoms in total. The van der Waals surface area contributed by atoms with Crippen molar-refractivity contribution in [3.05, 3.63) is 53.6 Å². The zero-order valence-electron chi connectivity index (χ0n) is 20.0. The van der Waals surface area contributed by atoms with Crippen LogP contribution in [0.4, 0.5) is 0 Å². The van der Waals surface area contributed by atoms with Crippen molar-refractivity contribution >= 4 is 21.7 Å². The average molecular weight is 489 g/mol.